The first-order valence-electron chi connectivity index (χ1n) is 7.51. The molecular formula is C17H25Cl. The third kappa shape index (κ3) is 3.51. The molecule has 0 aromatic heterocycles. The zero-order valence-corrected chi connectivity index (χ0v) is 12.3. The van der Waals surface area contributed by atoms with E-state index in [0.717, 1.165) is 11.8 Å². The highest BCUT2D eigenvalue weighted by atomic mass is 35.5. The second-order valence-corrected chi connectivity index (χ2v) is 5.95. The van der Waals surface area contributed by atoms with E-state index >= 15 is 0 Å². The lowest BCUT2D eigenvalue weighted by molar-refractivity contribution is 0.443. The summed E-state index contributed by atoms with van der Waals surface area (Å²) in [6.07, 6.45) is 9.42. The molecule has 0 N–H and O–H groups in total. The molecule has 18 heavy (non-hydrogen) atoms. The van der Waals surface area contributed by atoms with Gasteiger partial charge < -0.3 is 0 Å². The van der Waals surface area contributed by atoms with E-state index in [0.29, 0.717) is 5.92 Å². The Morgan fingerprint density at radius 3 is 2.33 bits per heavy atom. The monoisotopic (exact) mass is 264 g/mol. The van der Waals surface area contributed by atoms with Crippen molar-refractivity contribution in [3.05, 3.63) is 35.4 Å². The molecule has 1 aliphatic rings. The highest BCUT2D eigenvalue weighted by molar-refractivity contribution is 6.18. The molecule has 100 valence electrons. The van der Waals surface area contributed by atoms with Gasteiger partial charge in [-0.1, -0.05) is 56.9 Å². The summed E-state index contributed by atoms with van der Waals surface area (Å²) in [5.41, 5.74) is 2.97. The van der Waals surface area contributed by atoms with E-state index in [4.69, 9.17) is 11.6 Å². The summed E-state index contributed by atoms with van der Waals surface area (Å²) >= 11 is 6.07. The molecule has 1 unspecified atom stereocenters. The fraction of sp³-hybridized carbons (Fsp3) is 0.647. The first-order valence-corrected chi connectivity index (χ1v) is 8.04. The van der Waals surface area contributed by atoms with Crippen molar-refractivity contribution >= 4 is 11.6 Å². The van der Waals surface area contributed by atoms with Gasteiger partial charge in [0.1, 0.15) is 0 Å². The van der Waals surface area contributed by atoms with Gasteiger partial charge in [-0.2, -0.15) is 0 Å². The fourth-order valence-electron chi connectivity index (χ4n) is 3.16. The first-order chi connectivity index (χ1) is 8.85. The Kier molecular flexibility index (Phi) is 5.56. The third-order valence-electron chi connectivity index (χ3n) is 4.31. The van der Waals surface area contributed by atoms with Gasteiger partial charge in [0.15, 0.2) is 0 Å². The van der Waals surface area contributed by atoms with Crippen LogP contribution in [-0.2, 0) is 0 Å². The molecule has 2 rings (SSSR count). The highest BCUT2D eigenvalue weighted by Crippen LogP contribution is 2.33. The van der Waals surface area contributed by atoms with E-state index in [9.17, 15) is 0 Å². The van der Waals surface area contributed by atoms with Crippen molar-refractivity contribution in [1.82, 2.24) is 0 Å². The molecule has 1 aromatic carbocycles. The van der Waals surface area contributed by atoms with Crippen LogP contribution in [0.3, 0.4) is 0 Å². The van der Waals surface area contributed by atoms with Crippen LogP contribution >= 0.6 is 11.6 Å². The topological polar surface area (TPSA) is 0 Å². The van der Waals surface area contributed by atoms with Crippen molar-refractivity contribution in [2.45, 2.75) is 63.7 Å². The minimum Gasteiger partial charge on any atom is -0.126 e. The van der Waals surface area contributed by atoms with Crippen molar-refractivity contribution in [3.8, 4) is 0 Å². The van der Waals surface area contributed by atoms with Crippen LogP contribution in [0, 0.1) is 0 Å². The van der Waals surface area contributed by atoms with E-state index < -0.39 is 0 Å². The summed E-state index contributed by atoms with van der Waals surface area (Å²) in [6, 6.07) is 9.32. The van der Waals surface area contributed by atoms with Gasteiger partial charge in [0, 0.05) is 5.88 Å². The van der Waals surface area contributed by atoms with Crippen LogP contribution < -0.4 is 0 Å². The number of rotatable bonds is 5. The predicted molar refractivity (Wildman–Crippen MR) is 80.6 cm³/mol. The maximum absolute atomic E-state index is 6.07. The minimum absolute atomic E-state index is 0.539. The molecule has 1 aromatic rings. The summed E-state index contributed by atoms with van der Waals surface area (Å²) in [4.78, 5) is 0. The SMILES string of the molecule is CCCC(CCl)c1ccc(C2CCCCC2)cc1. The first kappa shape index (κ1) is 13.9. The van der Waals surface area contributed by atoms with Gasteiger partial charge >= 0.3 is 0 Å². The van der Waals surface area contributed by atoms with Crippen molar-refractivity contribution in [3.63, 3.8) is 0 Å². The van der Waals surface area contributed by atoms with Gasteiger partial charge in [0.05, 0.1) is 0 Å². The Morgan fingerprint density at radius 2 is 1.78 bits per heavy atom. The zero-order chi connectivity index (χ0) is 12.8. The van der Waals surface area contributed by atoms with Crippen molar-refractivity contribution in [2.75, 3.05) is 5.88 Å². The molecule has 0 radical (unpaired) electrons. The van der Waals surface area contributed by atoms with E-state index in [2.05, 4.69) is 31.2 Å². The molecule has 0 amide bonds. The standard InChI is InChI=1S/C17H25Cl/c1-2-6-17(13-18)16-11-9-15(10-12-16)14-7-4-3-5-8-14/h9-12,14,17H,2-8,13H2,1H3. The smallest absolute Gasteiger partial charge is 0.0292 e. The van der Waals surface area contributed by atoms with Crippen LogP contribution in [0.1, 0.15) is 74.8 Å². The van der Waals surface area contributed by atoms with Gasteiger partial charge in [0.25, 0.3) is 0 Å². The van der Waals surface area contributed by atoms with E-state index in [1.165, 1.54) is 50.5 Å². The molecule has 0 heterocycles. The lowest BCUT2D eigenvalue weighted by atomic mass is 9.83. The molecule has 1 fully saturated rings. The van der Waals surface area contributed by atoms with Crippen molar-refractivity contribution < 1.29 is 0 Å². The summed E-state index contributed by atoms with van der Waals surface area (Å²) < 4.78 is 0. The normalized spacial score (nSPS) is 18.8. The summed E-state index contributed by atoms with van der Waals surface area (Å²) in [6.45, 7) is 2.23. The van der Waals surface area contributed by atoms with Crippen LogP contribution in [0.2, 0.25) is 0 Å². The van der Waals surface area contributed by atoms with Crippen LogP contribution in [0.25, 0.3) is 0 Å². The summed E-state index contributed by atoms with van der Waals surface area (Å²) in [5.74, 6) is 2.10. The third-order valence-corrected chi connectivity index (χ3v) is 4.68. The quantitative estimate of drug-likeness (QED) is 0.585. The van der Waals surface area contributed by atoms with Crippen LogP contribution in [0.4, 0.5) is 0 Å². The summed E-state index contributed by atoms with van der Waals surface area (Å²) in [7, 11) is 0. The van der Waals surface area contributed by atoms with Crippen LogP contribution in [0.15, 0.2) is 24.3 Å². The number of halogens is 1. The van der Waals surface area contributed by atoms with E-state index in [-0.39, 0.29) is 0 Å². The zero-order valence-electron chi connectivity index (χ0n) is 11.5. The molecule has 0 aliphatic heterocycles. The second-order valence-electron chi connectivity index (χ2n) is 5.64. The fourth-order valence-corrected chi connectivity index (χ4v) is 3.49. The number of hydrogen-bond donors (Lipinski definition) is 0. The summed E-state index contributed by atoms with van der Waals surface area (Å²) in [5, 5.41) is 0. The minimum atomic E-state index is 0.539. The Bertz CT molecular complexity index is 311. The highest BCUT2D eigenvalue weighted by Gasteiger charge is 2.16. The van der Waals surface area contributed by atoms with Gasteiger partial charge in [-0.05, 0) is 42.2 Å². The lowest BCUT2D eigenvalue weighted by Gasteiger charge is -2.22. The van der Waals surface area contributed by atoms with E-state index in [1.54, 1.807) is 5.56 Å². The maximum atomic E-state index is 6.07. The predicted octanol–water partition coefficient (Wildman–Crippen LogP) is 5.86. The molecule has 0 nitrogen and oxygen atoms in total. The molecule has 0 bridgehead atoms. The molecule has 0 saturated heterocycles. The Labute approximate surface area is 117 Å². The van der Waals surface area contributed by atoms with Gasteiger partial charge in [0.2, 0.25) is 0 Å². The van der Waals surface area contributed by atoms with Gasteiger partial charge in [-0.25, -0.2) is 0 Å². The Morgan fingerprint density at radius 1 is 1.11 bits per heavy atom. The lowest BCUT2D eigenvalue weighted by Crippen LogP contribution is -2.05. The van der Waals surface area contributed by atoms with Crippen LogP contribution in [0.5, 0.6) is 0 Å². The molecule has 1 atom stereocenters. The van der Waals surface area contributed by atoms with Gasteiger partial charge in [-0.15, -0.1) is 11.6 Å². The van der Waals surface area contributed by atoms with Crippen LogP contribution in [-0.4, -0.2) is 5.88 Å². The molecule has 1 aliphatic carbocycles. The second kappa shape index (κ2) is 7.19. The Hall–Kier alpha value is -0.490. The number of benzene rings is 1. The molecule has 0 spiro atoms. The number of alkyl halides is 1. The molecule has 1 saturated carbocycles. The van der Waals surface area contributed by atoms with Crippen molar-refractivity contribution in [2.24, 2.45) is 0 Å². The average Bonchev–Trinajstić information content (AvgIpc) is 2.46. The maximum Gasteiger partial charge on any atom is 0.0292 e. The largest absolute Gasteiger partial charge is 0.126 e. The average molecular weight is 265 g/mol. The van der Waals surface area contributed by atoms with Crippen molar-refractivity contribution in [1.29, 1.82) is 0 Å². The number of hydrogen-bond acceptors (Lipinski definition) is 0. The molecular weight excluding hydrogens is 240 g/mol. The van der Waals surface area contributed by atoms with Gasteiger partial charge in [-0.3, -0.25) is 0 Å². The Balaban J connectivity index is 2.03. The van der Waals surface area contributed by atoms with E-state index in [1.807, 2.05) is 0 Å². The molecule has 1 heteroatoms.